The maximum Gasteiger partial charge on any atom is 0.220 e. The van der Waals surface area contributed by atoms with Gasteiger partial charge >= 0.3 is 0 Å². The molecule has 6 nitrogen and oxygen atoms in total. The summed E-state index contributed by atoms with van der Waals surface area (Å²) in [6, 6.07) is 0. The Morgan fingerprint density at radius 3 is 2.38 bits per heavy atom. The summed E-state index contributed by atoms with van der Waals surface area (Å²) in [5.41, 5.74) is 4.58. The zero-order valence-electron chi connectivity index (χ0n) is 10.0. The zero-order chi connectivity index (χ0) is 12.8. The van der Waals surface area contributed by atoms with Gasteiger partial charge in [-0.05, 0) is 26.8 Å². The van der Waals surface area contributed by atoms with E-state index < -0.39 is 15.6 Å². The molecule has 0 saturated heterocycles. The molecular weight excluding hydrogens is 230 g/mol. The Kier molecular flexibility index (Phi) is 5.91. The van der Waals surface area contributed by atoms with E-state index in [9.17, 15) is 13.2 Å². The predicted octanol–water partition coefficient (Wildman–Crippen LogP) is -0.831. The van der Waals surface area contributed by atoms with Gasteiger partial charge in [-0.1, -0.05) is 0 Å². The van der Waals surface area contributed by atoms with Gasteiger partial charge < -0.3 is 11.1 Å². The highest BCUT2D eigenvalue weighted by atomic mass is 32.2. The van der Waals surface area contributed by atoms with Crippen LogP contribution in [0.1, 0.15) is 26.7 Å². The average molecular weight is 251 g/mol. The second kappa shape index (κ2) is 6.17. The number of sulfonamides is 1. The Morgan fingerprint density at radius 1 is 1.38 bits per heavy atom. The Balaban J connectivity index is 4.04. The van der Waals surface area contributed by atoms with E-state index in [1.165, 1.54) is 0 Å². The molecule has 1 amide bonds. The normalized spacial score (nSPS) is 12.5. The molecule has 96 valence electrons. The molecule has 0 bridgehead atoms. The van der Waals surface area contributed by atoms with Crippen LogP contribution in [-0.2, 0) is 14.8 Å². The first-order valence-corrected chi connectivity index (χ1v) is 7.01. The molecule has 0 spiro atoms. The fourth-order valence-electron chi connectivity index (χ4n) is 1.21. The van der Waals surface area contributed by atoms with E-state index in [4.69, 9.17) is 5.73 Å². The molecule has 0 aromatic carbocycles. The number of nitrogens with one attached hydrogen (secondary N) is 2. The fraction of sp³-hybridized carbons (Fsp3) is 0.889. The van der Waals surface area contributed by atoms with Gasteiger partial charge in [0.25, 0.3) is 0 Å². The summed E-state index contributed by atoms with van der Waals surface area (Å²) in [5.74, 6) is -0.117. The smallest absolute Gasteiger partial charge is 0.220 e. The van der Waals surface area contributed by atoms with Crippen LogP contribution in [0.15, 0.2) is 0 Å². The predicted molar refractivity (Wildman–Crippen MR) is 63.4 cm³/mol. The minimum Gasteiger partial charge on any atom is -0.354 e. The minimum atomic E-state index is -3.27. The number of hydrogen-bond donors (Lipinski definition) is 3. The third-order valence-corrected chi connectivity index (χ3v) is 2.72. The lowest BCUT2D eigenvalue weighted by Crippen LogP contribution is -2.51. The second-order valence-electron chi connectivity index (χ2n) is 4.43. The molecule has 0 saturated carbocycles. The summed E-state index contributed by atoms with van der Waals surface area (Å²) in [6.07, 6.45) is 2.09. The molecule has 16 heavy (non-hydrogen) atoms. The molecule has 0 rings (SSSR count). The minimum absolute atomic E-state index is 0.117. The van der Waals surface area contributed by atoms with E-state index in [2.05, 4.69) is 10.0 Å². The lowest BCUT2D eigenvalue weighted by atomic mass is 10.1. The number of amides is 1. The maximum absolute atomic E-state index is 11.3. The van der Waals surface area contributed by atoms with Gasteiger partial charge in [-0.3, -0.25) is 4.79 Å². The number of carbonyl (C=O) groups excluding carboxylic acids is 1. The van der Waals surface area contributed by atoms with Crippen LogP contribution < -0.4 is 15.8 Å². The van der Waals surface area contributed by atoms with Crippen molar-refractivity contribution < 1.29 is 13.2 Å². The van der Waals surface area contributed by atoms with Crippen molar-refractivity contribution in [3.8, 4) is 0 Å². The van der Waals surface area contributed by atoms with Crippen molar-refractivity contribution in [3.63, 3.8) is 0 Å². The number of carbonyl (C=O) groups is 1. The largest absolute Gasteiger partial charge is 0.354 e. The topological polar surface area (TPSA) is 101 Å². The molecule has 0 unspecified atom stereocenters. The molecule has 0 aliphatic carbocycles. The van der Waals surface area contributed by atoms with Crippen molar-refractivity contribution >= 4 is 15.9 Å². The molecule has 0 heterocycles. The van der Waals surface area contributed by atoms with E-state index in [0.717, 1.165) is 6.26 Å². The fourth-order valence-corrected chi connectivity index (χ4v) is 2.28. The standard InChI is InChI=1S/C9H21N3O3S/c1-9(2,12-16(3,14)15)7-11-8(13)5-4-6-10/h12H,4-7,10H2,1-3H3,(H,11,13). The summed E-state index contributed by atoms with van der Waals surface area (Å²) < 4.78 is 24.5. The van der Waals surface area contributed by atoms with Gasteiger partial charge in [0.15, 0.2) is 0 Å². The third-order valence-electron chi connectivity index (χ3n) is 1.80. The van der Waals surface area contributed by atoms with Gasteiger partial charge in [0, 0.05) is 18.5 Å². The van der Waals surface area contributed by atoms with Gasteiger partial charge in [0.1, 0.15) is 0 Å². The first-order valence-electron chi connectivity index (χ1n) is 5.12. The summed E-state index contributed by atoms with van der Waals surface area (Å²) in [4.78, 5) is 11.3. The number of nitrogens with two attached hydrogens (primary N) is 1. The summed E-state index contributed by atoms with van der Waals surface area (Å²) >= 11 is 0. The first-order chi connectivity index (χ1) is 7.16. The maximum atomic E-state index is 11.3. The summed E-state index contributed by atoms with van der Waals surface area (Å²) in [7, 11) is -3.27. The molecule has 0 aliphatic heterocycles. The molecule has 0 fully saturated rings. The summed E-state index contributed by atoms with van der Waals surface area (Å²) in [6.45, 7) is 4.14. The highest BCUT2D eigenvalue weighted by Crippen LogP contribution is 2.02. The summed E-state index contributed by atoms with van der Waals surface area (Å²) in [5, 5.41) is 2.66. The molecule has 0 atom stereocenters. The van der Waals surface area contributed by atoms with Crippen molar-refractivity contribution in [3.05, 3.63) is 0 Å². The van der Waals surface area contributed by atoms with Crippen LogP contribution in [0.3, 0.4) is 0 Å². The quantitative estimate of drug-likeness (QED) is 0.549. The van der Waals surface area contributed by atoms with Crippen molar-refractivity contribution in [2.24, 2.45) is 5.73 Å². The molecular formula is C9H21N3O3S. The van der Waals surface area contributed by atoms with Crippen LogP contribution in [0, 0.1) is 0 Å². The van der Waals surface area contributed by atoms with E-state index in [-0.39, 0.29) is 12.5 Å². The van der Waals surface area contributed by atoms with Gasteiger partial charge in [0.05, 0.1) is 6.26 Å². The van der Waals surface area contributed by atoms with E-state index in [1.807, 2.05) is 0 Å². The Hall–Kier alpha value is -0.660. The lowest BCUT2D eigenvalue weighted by Gasteiger charge is -2.25. The van der Waals surface area contributed by atoms with Crippen molar-refractivity contribution in [2.45, 2.75) is 32.2 Å². The SMILES string of the molecule is CC(C)(CNC(=O)CCCN)NS(C)(=O)=O. The number of rotatable bonds is 7. The lowest BCUT2D eigenvalue weighted by molar-refractivity contribution is -0.121. The van der Waals surface area contributed by atoms with Gasteiger partial charge in [-0.15, -0.1) is 0 Å². The Bertz CT molecular complexity index is 325. The highest BCUT2D eigenvalue weighted by molar-refractivity contribution is 7.88. The Labute approximate surface area is 97.0 Å². The van der Waals surface area contributed by atoms with Gasteiger partial charge in [0.2, 0.25) is 15.9 Å². The second-order valence-corrected chi connectivity index (χ2v) is 6.18. The van der Waals surface area contributed by atoms with Crippen LogP contribution >= 0.6 is 0 Å². The van der Waals surface area contributed by atoms with E-state index in [0.29, 0.717) is 19.4 Å². The molecule has 0 aromatic rings. The van der Waals surface area contributed by atoms with Crippen LogP contribution in [0.4, 0.5) is 0 Å². The van der Waals surface area contributed by atoms with Gasteiger partial charge in [-0.25, -0.2) is 13.1 Å². The zero-order valence-corrected chi connectivity index (χ0v) is 10.9. The van der Waals surface area contributed by atoms with Crippen LogP contribution in [0.2, 0.25) is 0 Å². The molecule has 0 radical (unpaired) electrons. The van der Waals surface area contributed by atoms with E-state index >= 15 is 0 Å². The van der Waals surface area contributed by atoms with Crippen LogP contribution in [0.25, 0.3) is 0 Å². The van der Waals surface area contributed by atoms with Crippen molar-refractivity contribution in [2.75, 3.05) is 19.3 Å². The average Bonchev–Trinajstić information content (AvgIpc) is 2.07. The Morgan fingerprint density at radius 2 is 1.94 bits per heavy atom. The monoisotopic (exact) mass is 251 g/mol. The molecule has 0 aromatic heterocycles. The third kappa shape index (κ3) is 8.63. The van der Waals surface area contributed by atoms with Gasteiger partial charge in [-0.2, -0.15) is 0 Å². The van der Waals surface area contributed by atoms with Crippen LogP contribution in [0.5, 0.6) is 0 Å². The number of hydrogen-bond acceptors (Lipinski definition) is 4. The van der Waals surface area contributed by atoms with Crippen molar-refractivity contribution in [1.29, 1.82) is 0 Å². The van der Waals surface area contributed by atoms with Crippen molar-refractivity contribution in [1.82, 2.24) is 10.0 Å². The molecule has 0 aliphatic rings. The molecule has 7 heteroatoms. The van der Waals surface area contributed by atoms with Crippen LogP contribution in [-0.4, -0.2) is 39.2 Å². The molecule has 4 N–H and O–H groups in total. The van der Waals surface area contributed by atoms with E-state index in [1.54, 1.807) is 13.8 Å². The highest BCUT2D eigenvalue weighted by Gasteiger charge is 2.22. The first kappa shape index (κ1) is 15.3.